The molecule has 3 heteroatoms. The van der Waals surface area contributed by atoms with E-state index in [0.717, 1.165) is 12.8 Å². The van der Waals surface area contributed by atoms with Crippen LogP contribution in [0.5, 0.6) is 0 Å². The van der Waals surface area contributed by atoms with E-state index in [0.29, 0.717) is 0 Å². The van der Waals surface area contributed by atoms with Gasteiger partial charge in [-0.15, -0.1) is 0 Å². The molecular formula is C14H27NO2. The van der Waals surface area contributed by atoms with E-state index in [2.05, 4.69) is 39.6 Å². The van der Waals surface area contributed by atoms with Crippen LogP contribution in [-0.2, 0) is 9.53 Å². The molecule has 1 aliphatic rings. The third-order valence-corrected chi connectivity index (χ3v) is 4.02. The molecule has 1 rings (SSSR count). The van der Waals surface area contributed by atoms with Gasteiger partial charge in [-0.3, -0.25) is 9.69 Å². The lowest BCUT2D eigenvalue weighted by molar-refractivity contribution is -0.162. The molecule has 0 amide bonds. The van der Waals surface area contributed by atoms with Gasteiger partial charge in [0.1, 0.15) is 6.10 Å². The quantitative estimate of drug-likeness (QED) is 0.696. The molecule has 3 nitrogen and oxygen atoms in total. The number of esters is 1. The summed E-state index contributed by atoms with van der Waals surface area (Å²) in [4.78, 5) is 14.1. The topological polar surface area (TPSA) is 29.5 Å². The van der Waals surface area contributed by atoms with Gasteiger partial charge < -0.3 is 4.74 Å². The highest BCUT2D eigenvalue weighted by atomic mass is 16.5. The Balaban J connectivity index is 2.75. The molecular weight excluding hydrogens is 214 g/mol. The number of carbonyl (C=O) groups excluding carboxylic acids is 1. The highest BCUT2D eigenvalue weighted by molar-refractivity contribution is 5.71. The zero-order chi connectivity index (χ0) is 13.4. The molecule has 0 aromatic carbocycles. The zero-order valence-electron chi connectivity index (χ0n) is 12.3. The Morgan fingerprint density at radius 2 is 1.59 bits per heavy atom. The zero-order valence-corrected chi connectivity index (χ0v) is 12.3. The minimum Gasteiger partial charge on any atom is -0.462 e. The van der Waals surface area contributed by atoms with E-state index in [-0.39, 0.29) is 29.1 Å². The molecule has 0 unspecified atom stereocenters. The van der Waals surface area contributed by atoms with Crippen molar-refractivity contribution in [2.75, 3.05) is 7.05 Å². The maximum absolute atomic E-state index is 11.7. The molecule has 1 saturated heterocycles. The summed E-state index contributed by atoms with van der Waals surface area (Å²) in [5.41, 5.74) is 0.146. The Hall–Kier alpha value is -0.570. The van der Waals surface area contributed by atoms with Crippen LogP contribution in [0.3, 0.4) is 0 Å². The lowest BCUT2D eigenvalue weighted by Crippen LogP contribution is -2.60. The van der Waals surface area contributed by atoms with Gasteiger partial charge in [0.2, 0.25) is 0 Å². The van der Waals surface area contributed by atoms with Crippen molar-refractivity contribution in [2.45, 2.75) is 71.6 Å². The van der Waals surface area contributed by atoms with Crippen LogP contribution >= 0.6 is 0 Å². The normalized spacial score (nSPS) is 24.9. The van der Waals surface area contributed by atoms with Gasteiger partial charge in [-0.2, -0.15) is 0 Å². The van der Waals surface area contributed by atoms with Crippen molar-refractivity contribution in [3.8, 4) is 0 Å². The Bertz CT molecular complexity index is 277. The second-order valence-corrected chi connectivity index (χ2v) is 6.81. The average molecular weight is 241 g/mol. The number of likely N-dealkylation sites (tertiary alicyclic amines) is 1. The van der Waals surface area contributed by atoms with Crippen molar-refractivity contribution >= 4 is 5.97 Å². The van der Waals surface area contributed by atoms with Gasteiger partial charge in [-0.1, -0.05) is 13.8 Å². The standard InChI is InChI=1S/C14H27NO2/c1-10(2)12(16)17-11-8-13(3,4)15(7)14(5,6)9-11/h10-11H,8-9H2,1-7H3. The molecule has 0 saturated carbocycles. The van der Waals surface area contributed by atoms with Crippen LogP contribution in [0, 0.1) is 5.92 Å². The lowest BCUT2D eigenvalue weighted by Gasteiger charge is -2.53. The van der Waals surface area contributed by atoms with E-state index in [1.54, 1.807) is 0 Å². The Morgan fingerprint density at radius 3 is 1.94 bits per heavy atom. The van der Waals surface area contributed by atoms with Crippen molar-refractivity contribution in [2.24, 2.45) is 5.92 Å². The first kappa shape index (κ1) is 14.5. The van der Waals surface area contributed by atoms with Crippen molar-refractivity contribution in [1.29, 1.82) is 0 Å². The van der Waals surface area contributed by atoms with Crippen molar-refractivity contribution < 1.29 is 9.53 Å². The molecule has 1 heterocycles. The minimum absolute atomic E-state index is 0.0409. The lowest BCUT2D eigenvalue weighted by atomic mass is 9.78. The first-order valence-electron chi connectivity index (χ1n) is 6.51. The monoisotopic (exact) mass is 241 g/mol. The summed E-state index contributed by atoms with van der Waals surface area (Å²) in [6, 6.07) is 0. The van der Waals surface area contributed by atoms with Crippen LogP contribution in [-0.4, -0.2) is 35.1 Å². The fourth-order valence-corrected chi connectivity index (χ4v) is 2.66. The number of hydrogen-bond acceptors (Lipinski definition) is 3. The molecule has 0 aromatic rings. The van der Waals surface area contributed by atoms with E-state index < -0.39 is 0 Å². The summed E-state index contributed by atoms with van der Waals surface area (Å²) < 4.78 is 5.61. The number of hydrogen-bond donors (Lipinski definition) is 0. The molecule has 100 valence electrons. The van der Waals surface area contributed by atoms with Crippen LogP contribution in [0.4, 0.5) is 0 Å². The van der Waals surface area contributed by atoms with Crippen LogP contribution < -0.4 is 0 Å². The van der Waals surface area contributed by atoms with E-state index >= 15 is 0 Å². The van der Waals surface area contributed by atoms with E-state index in [1.807, 2.05) is 13.8 Å². The molecule has 0 N–H and O–H groups in total. The van der Waals surface area contributed by atoms with E-state index in [1.165, 1.54) is 0 Å². The number of carbonyl (C=O) groups is 1. The molecule has 0 radical (unpaired) electrons. The van der Waals surface area contributed by atoms with E-state index in [9.17, 15) is 4.79 Å². The van der Waals surface area contributed by atoms with Crippen molar-refractivity contribution in [3.63, 3.8) is 0 Å². The summed E-state index contributed by atoms with van der Waals surface area (Å²) in [6.07, 6.45) is 1.86. The largest absolute Gasteiger partial charge is 0.462 e. The molecule has 17 heavy (non-hydrogen) atoms. The van der Waals surface area contributed by atoms with Crippen molar-refractivity contribution in [3.05, 3.63) is 0 Å². The highest BCUT2D eigenvalue weighted by Crippen LogP contribution is 2.38. The number of piperidine rings is 1. The molecule has 0 bridgehead atoms. The smallest absolute Gasteiger partial charge is 0.308 e. The Kier molecular flexibility index (Phi) is 3.92. The summed E-state index contributed by atoms with van der Waals surface area (Å²) in [5.74, 6) is -0.118. The average Bonchev–Trinajstić information content (AvgIpc) is 2.12. The maximum atomic E-state index is 11.7. The number of ether oxygens (including phenoxy) is 1. The number of rotatable bonds is 2. The minimum atomic E-state index is -0.0776. The van der Waals surface area contributed by atoms with Gasteiger partial charge in [0.05, 0.1) is 5.92 Å². The summed E-state index contributed by atoms with van der Waals surface area (Å²) in [5, 5.41) is 0. The fourth-order valence-electron chi connectivity index (χ4n) is 2.66. The summed E-state index contributed by atoms with van der Waals surface area (Å²) in [6.45, 7) is 12.6. The fraction of sp³-hybridized carbons (Fsp3) is 0.929. The van der Waals surface area contributed by atoms with Crippen LogP contribution in [0.2, 0.25) is 0 Å². The van der Waals surface area contributed by atoms with Gasteiger partial charge in [-0.05, 0) is 34.7 Å². The molecule has 1 fully saturated rings. The summed E-state index contributed by atoms with van der Waals surface area (Å²) in [7, 11) is 2.15. The Labute approximate surface area is 106 Å². The summed E-state index contributed by atoms with van der Waals surface area (Å²) >= 11 is 0. The van der Waals surface area contributed by atoms with Gasteiger partial charge in [0.25, 0.3) is 0 Å². The number of nitrogens with zero attached hydrogens (tertiary/aromatic N) is 1. The van der Waals surface area contributed by atoms with Gasteiger partial charge >= 0.3 is 5.97 Å². The molecule has 0 aromatic heterocycles. The first-order valence-corrected chi connectivity index (χ1v) is 6.51. The Morgan fingerprint density at radius 1 is 1.18 bits per heavy atom. The van der Waals surface area contributed by atoms with Crippen LogP contribution in [0.25, 0.3) is 0 Å². The molecule has 0 spiro atoms. The predicted octanol–water partition coefficient (Wildman–Crippen LogP) is 2.84. The third kappa shape index (κ3) is 3.21. The molecule has 1 aliphatic heterocycles. The van der Waals surface area contributed by atoms with Crippen LogP contribution in [0.1, 0.15) is 54.4 Å². The van der Waals surface area contributed by atoms with E-state index in [4.69, 9.17) is 4.74 Å². The molecule has 0 aliphatic carbocycles. The highest BCUT2D eigenvalue weighted by Gasteiger charge is 2.44. The second-order valence-electron chi connectivity index (χ2n) is 6.81. The van der Waals surface area contributed by atoms with Gasteiger partial charge in [0.15, 0.2) is 0 Å². The van der Waals surface area contributed by atoms with Gasteiger partial charge in [0, 0.05) is 23.9 Å². The third-order valence-electron chi connectivity index (χ3n) is 4.02. The predicted molar refractivity (Wildman–Crippen MR) is 69.9 cm³/mol. The van der Waals surface area contributed by atoms with Crippen LogP contribution in [0.15, 0.2) is 0 Å². The molecule has 0 atom stereocenters. The SMILES string of the molecule is CC(C)C(=O)OC1CC(C)(C)N(C)C(C)(C)C1. The second kappa shape index (κ2) is 4.60. The first-order chi connectivity index (χ1) is 7.56. The van der Waals surface area contributed by atoms with Gasteiger partial charge in [-0.25, -0.2) is 0 Å². The van der Waals surface area contributed by atoms with Crippen molar-refractivity contribution in [1.82, 2.24) is 4.90 Å². The maximum Gasteiger partial charge on any atom is 0.308 e.